The van der Waals surface area contributed by atoms with Gasteiger partial charge in [-0.2, -0.15) is 0 Å². The molecule has 1 aliphatic rings. The first-order chi connectivity index (χ1) is 3.39. The molecular formula is C4H9ClN2O. The number of carbonyl (C=O) groups is 1. The first-order valence-electron chi connectivity index (χ1n) is 2.37. The second kappa shape index (κ2) is 3.69. The van der Waals surface area contributed by atoms with E-state index in [1.165, 1.54) is 0 Å². The van der Waals surface area contributed by atoms with E-state index in [9.17, 15) is 4.79 Å². The van der Waals surface area contributed by atoms with Gasteiger partial charge in [0.25, 0.3) is 0 Å². The van der Waals surface area contributed by atoms with Gasteiger partial charge in [0.1, 0.15) is 0 Å². The van der Waals surface area contributed by atoms with Gasteiger partial charge >= 0.3 is 0 Å². The van der Waals surface area contributed by atoms with Crippen molar-refractivity contribution in [1.29, 1.82) is 0 Å². The van der Waals surface area contributed by atoms with E-state index in [0.717, 1.165) is 13.1 Å². The molecule has 1 fully saturated rings. The molecule has 0 aromatic heterocycles. The standard InChI is InChI=1S/C4H8N2O.ClH/c7-4-3-5-1-2-6-4;/h5H,1-3H2,(H,6,7);1H. The molecule has 0 unspecified atom stereocenters. The highest BCUT2D eigenvalue weighted by Crippen LogP contribution is 1.69. The van der Waals surface area contributed by atoms with Crippen LogP contribution in [-0.2, 0) is 4.79 Å². The van der Waals surface area contributed by atoms with E-state index in [1.54, 1.807) is 0 Å². The van der Waals surface area contributed by atoms with Crippen molar-refractivity contribution in [2.45, 2.75) is 0 Å². The topological polar surface area (TPSA) is 41.1 Å². The molecule has 1 rings (SSSR count). The Bertz CT molecular complexity index is 78.1. The zero-order chi connectivity index (χ0) is 5.11. The Morgan fingerprint density at radius 1 is 1.38 bits per heavy atom. The van der Waals surface area contributed by atoms with Crippen molar-refractivity contribution in [3.05, 3.63) is 0 Å². The van der Waals surface area contributed by atoms with Crippen LogP contribution in [0, 0.1) is 0 Å². The molecule has 0 aliphatic carbocycles. The lowest BCUT2D eigenvalue weighted by atomic mass is 10.4. The summed E-state index contributed by atoms with van der Waals surface area (Å²) in [6, 6.07) is 0. The van der Waals surface area contributed by atoms with Gasteiger partial charge in [0, 0.05) is 13.1 Å². The normalized spacial score (nSPS) is 18.8. The number of rotatable bonds is 0. The average Bonchev–Trinajstić information content (AvgIpc) is 1.69. The van der Waals surface area contributed by atoms with E-state index in [-0.39, 0.29) is 18.3 Å². The van der Waals surface area contributed by atoms with Crippen molar-refractivity contribution in [3.63, 3.8) is 0 Å². The fourth-order valence-electron chi connectivity index (χ4n) is 0.555. The fourth-order valence-corrected chi connectivity index (χ4v) is 0.555. The van der Waals surface area contributed by atoms with Crippen molar-refractivity contribution < 1.29 is 4.79 Å². The predicted octanol–water partition coefficient (Wildman–Crippen LogP) is -0.872. The van der Waals surface area contributed by atoms with Gasteiger partial charge in [-0.15, -0.1) is 12.4 Å². The van der Waals surface area contributed by atoms with Crippen LogP contribution in [-0.4, -0.2) is 25.5 Å². The summed E-state index contributed by atoms with van der Waals surface area (Å²) in [5.41, 5.74) is 0. The summed E-state index contributed by atoms with van der Waals surface area (Å²) in [6.45, 7) is 2.17. The van der Waals surface area contributed by atoms with Crippen molar-refractivity contribution in [2.75, 3.05) is 19.6 Å². The van der Waals surface area contributed by atoms with Crippen LogP contribution in [0.3, 0.4) is 0 Å². The minimum Gasteiger partial charge on any atom is -0.354 e. The maximum Gasteiger partial charge on any atom is 0.234 e. The number of carbonyl (C=O) groups excluding carboxylic acids is 1. The number of nitrogens with one attached hydrogen (secondary N) is 2. The molecule has 48 valence electrons. The third-order valence-corrected chi connectivity index (χ3v) is 0.910. The molecule has 2 N–H and O–H groups in total. The van der Waals surface area contributed by atoms with E-state index < -0.39 is 0 Å². The first kappa shape index (κ1) is 7.72. The van der Waals surface area contributed by atoms with E-state index in [1.807, 2.05) is 0 Å². The summed E-state index contributed by atoms with van der Waals surface area (Å²) >= 11 is 0. The molecule has 0 aromatic carbocycles. The van der Waals surface area contributed by atoms with Crippen LogP contribution in [0.15, 0.2) is 0 Å². The van der Waals surface area contributed by atoms with Crippen LogP contribution in [0.2, 0.25) is 0 Å². The maximum atomic E-state index is 10.3. The van der Waals surface area contributed by atoms with Gasteiger partial charge in [0.15, 0.2) is 0 Å². The molecule has 0 saturated carbocycles. The Kier molecular flexibility index (Phi) is 3.56. The van der Waals surface area contributed by atoms with Crippen molar-refractivity contribution in [2.24, 2.45) is 0 Å². The predicted molar refractivity (Wildman–Crippen MR) is 33.1 cm³/mol. The lowest BCUT2D eigenvalue weighted by Gasteiger charge is -2.11. The summed E-state index contributed by atoms with van der Waals surface area (Å²) in [4.78, 5) is 10.3. The molecule has 1 aliphatic heterocycles. The number of hydrogen-bond acceptors (Lipinski definition) is 2. The molecule has 0 spiro atoms. The smallest absolute Gasteiger partial charge is 0.234 e. The zero-order valence-corrected chi connectivity index (χ0v) is 5.25. The zero-order valence-electron chi connectivity index (χ0n) is 4.44. The summed E-state index contributed by atoms with van der Waals surface area (Å²) in [6.07, 6.45) is 0. The van der Waals surface area contributed by atoms with Crippen LogP contribution in [0.5, 0.6) is 0 Å². The van der Waals surface area contributed by atoms with E-state index >= 15 is 0 Å². The van der Waals surface area contributed by atoms with Gasteiger partial charge in [0.2, 0.25) is 5.91 Å². The molecule has 8 heavy (non-hydrogen) atoms. The van der Waals surface area contributed by atoms with Gasteiger partial charge in [-0.1, -0.05) is 0 Å². The second-order valence-corrected chi connectivity index (χ2v) is 1.53. The molecule has 0 bridgehead atoms. The Morgan fingerprint density at radius 2 is 2.12 bits per heavy atom. The van der Waals surface area contributed by atoms with Crippen LogP contribution in [0.25, 0.3) is 0 Å². The third-order valence-electron chi connectivity index (χ3n) is 0.910. The third kappa shape index (κ3) is 2.14. The lowest BCUT2D eigenvalue weighted by molar-refractivity contribution is -0.121. The lowest BCUT2D eigenvalue weighted by Crippen LogP contribution is -2.44. The Balaban J connectivity index is 0.000000490. The quantitative estimate of drug-likeness (QED) is 0.455. The van der Waals surface area contributed by atoms with Crippen LogP contribution in [0.1, 0.15) is 0 Å². The number of halogens is 1. The SMILES string of the molecule is Cl.O=C1CNCCN1. The maximum absolute atomic E-state index is 10.3. The average molecular weight is 137 g/mol. The van der Waals surface area contributed by atoms with Gasteiger partial charge < -0.3 is 10.6 Å². The molecule has 1 saturated heterocycles. The molecule has 1 amide bonds. The van der Waals surface area contributed by atoms with Crippen LogP contribution >= 0.6 is 12.4 Å². The first-order valence-corrected chi connectivity index (χ1v) is 2.37. The highest BCUT2D eigenvalue weighted by atomic mass is 35.5. The number of piperazine rings is 1. The highest BCUT2D eigenvalue weighted by Gasteiger charge is 2.02. The summed E-state index contributed by atoms with van der Waals surface area (Å²) in [7, 11) is 0. The number of hydrogen-bond donors (Lipinski definition) is 2. The molecule has 0 atom stereocenters. The minimum absolute atomic E-state index is 0. The Morgan fingerprint density at radius 3 is 2.38 bits per heavy atom. The van der Waals surface area contributed by atoms with Gasteiger partial charge in [0.05, 0.1) is 6.54 Å². The van der Waals surface area contributed by atoms with Gasteiger partial charge in [-0.3, -0.25) is 4.79 Å². The second-order valence-electron chi connectivity index (χ2n) is 1.53. The molecule has 3 nitrogen and oxygen atoms in total. The van der Waals surface area contributed by atoms with E-state index in [4.69, 9.17) is 0 Å². The number of amides is 1. The molecule has 0 radical (unpaired) electrons. The van der Waals surface area contributed by atoms with Crippen LogP contribution in [0.4, 0.5) is 0 Å². The van der Waals surface area contributed by atoms with Crippen molar-refractivity contribution in [1.82, 2.24) is 10.6 Å². The monoisotopic (exact) mass is 136 g/mol. The highest BCUT2D eigenvalue weighted by molar-refractivity contribution is 5.85. The molecule has 4 heteroatoms. The molecule has 0 aromatic rings. The molecule has 1 heterocycles. The Hall–Kier alpha value is -0.280. The van der Waals surface area contributed by atoms with Gasteiger partial charge in [-0.05, 0) is 0 Å². The molecular weight excluding hydrogens is 128 g/mol. The fraction of sp³-hybridized carbons (Fsp3) is 0.750. The van der Waals surface area contributed by atoms with Crippen LogP contribution < -0.4 is 10.6 Å². The van der Waals surface area contributed by atoms with E-state index in [0.29, 0.717) is 6.54 Å². The summed E-state index contributed by atoms with van der Waals surface area (Å²) in [5, 5.41) is 5.60. The van der Waals surface area contributed by atoms with Crippen molar-refractivity contribution >= 4 is 18.3 Å². The van der Waals surface area contributed by atoms with E-state index in [2.05, 4.69) is 10.6 Å². The largest absolute Gasteiger partial charge is 0.354 e. The Labute approximate surface area is 54.2 Å². The van der Waals surface area contributed by atoms with Gasteiger partial charge in [-0.25, -0.2) is 0 Å². The summed E-state index contributed by atoms with van der Waals surface area (Å²) in [5.74, 6) is 0.103. The summed E-state index contributed by atoms with van der Waals surface area (Å²) < 4.78 is 0. The van der Waals surface area contributed by atoms with Crippen molar-refractivity contribution in [3.8, 4) is 0 Å². The minimum atomic E-state index is 0.